The molecule has 0 aliphatic carbocycles. The number of anilines is 1. The number of halogens is 2. The summed E-state index contributed by atoms with van der Waals surface area (Å²) in [5.41, 5.74) is 0.804. The maximum atomic E-state index is 13.4. The molecule has 7 heteroatoms. The zero-order valence-corrected chi connectivity index (χ0v) is 14.7. The minimum Gasteiger partial charge on any atom is -0.492 e. The van der Waals surface area contributed by atoms with Gasteiger partial charge in [-0.05, 0) is 36.4 Å². The Hall–Kier alpha value is -2.67. The van der Waals surface area contributed by atoms with E-state index < -0.39 is 11.7 Å². The smallest absolute Gasteiger partial charge is 0.255 e. The summed E-state index contributed by atoms with van der Waals surface area (Å²) in [4.78, 5) is 12.2. The Bertz CT molecular complexity index is 848. The SMILES string of the molecule is O=C(Nc1cccc(OCCn2cccn2)c1)c1cc(F)cc(Br)c1. The van der Waals surface area contributed by atoms with E-state index in [-0.39, 0.29) is 5.56 Å². The molecule has 0 aliphatic heterocycles. The van der Waals surface area contributed by atoms with Crippen LogP contribution in [0.1, 0.15) is 10.4 Å². The van der Waals surface area contributed by atoms with Crippen LogP contribution in [0.25, 0.3) is 0 Å². The van der Waals surface area contributed by atoms with Crippen LogP contribution in [0.15, 0.2) is 65.4 Å². The third kappa shape index (κ3) is 4.90. The Morgan fingerprint density at radius 2 is 2.12 bits per heavy atom. The maximum absolute atomic E-state index is 13.4. The number of rotatable bonds is 6. The third-order valence-electron chi connectivity index (χ3n) is 3.36. The number of nitrogens with zero attached hydrogens (tertiary/aromatic N) is 2. The van der Waals surface area contributed by atoms with Crippen molar-refractivity contribution < 1.29 is 13.9 Å². The molecular weight excluding hydrogens is 389 g/mol. The molecule has 0 atom stereocenters. The van der Waals surface area contributed by atoms with Crippen molar-refractivity contribution >= 4 is 27.5 Å². The average molecular weight is 404 g/mol. The predicted molar refractivity (Wildman–Crippen MR) is 96.2 cm³/mol. The van der Waals surface area contributed by atoms with Gasteiger partial charge < -0.3 is 10.1 Å². The van der Waals surface area contributed by atoms with Crippen LogP contribution in [0.2, 0.25) is 0 Å². The van der Waals surface area contributed by atoms with Gasteiger partial charge in [0.05, 0.1) is 6.54 Å². The van der Waals surface area contributed by atoms with Gasteiger partial charge in [-0.15, -0.1) is 0 Å². The van der Waals surface area contributed by atoms with Crippen LogP contribution in [0.4, 0.5) is 10.1 Å². The second-order valence-electron chi connectivity index (χ2n) is 5.26. The van der Waals surface area contributed by atoms with E-state index in [9.17, 15) is 9.18 Å². The summed E-state index contributed by atoms with van der Waals surface area (Å²) < 4.78 is 21.4. The maximum Gasteiger partial charge on any atom is 0.255 e. The lowest BCUT2D eigenvalue weighted by atomic mass is 10.2. The lowest BCUT2D eigenvalue weighted by Crippen LogP contribution is -2.12. The standard InChI is InChI=1S/C18H15BrFN3O2/c19-14-9-13(10-15(20)11-14)18(24)22-16-3-1-4-17(12-16)25-8-7-23-6-2-5-21-23/h1-6,9-12H,7-8H2,(H,22,24). The van der Waals surface area contributed by atoms with Crippen LogP contribution < -0.4 is 10.1 Å². The molecule has 0 aliphatic rings. The molecule has 0 saturated carbocycles. The number of aromatic nitrogens is 2. The molecule has 25 heavy (non-hydrogen) atoms. The van der Waals surface area contributed by atoms with Crippen LogP contribution in [0.3, 0.4) is 0 Å². The number of ether oxygens (including phenoxy) is 1. The van der Waals surface area contributed by atoms with E-state index in [0.717, 1.165) is 0 Å². The highest BCUT2D eigenvalue weighted by Gasteiger charge is 2.09. The molecule has 0 unspecified atom stereocenters. The minimum absolute atomic E-state index is 0.233. The molecule has 1 amide bonds. The first-order chi connectivity index (χ1) is 12.1. The summed E-state index contributed by atoms with van der Waals surface area (Å²) in [6.07, 6.45) is 3.57. The Morgan fingerprint density at radius 3 is 2.88 bits per heavy atom. The fourth-order valence-electron chi connectivity index (χ4n) is 2.24. The van der Waals surface area contributed by atoms with Crippen molar-refractivity contribution in [2.45, 2.75) is 6.54 Å². The van der Waals surface area contributed by atoms with Crippen molar-refractivity contribution in [1.29, 1.82) is 0 Å². The predicted octanol–water partition coefficient (Wildman–Crippen LogP) is 4.12. The van der Waals surface area contributed by atoms with E-state index in [2.05, 4.69) is 26.3 Å². The number of amides is 1. The van der Waals surface area contributed by atoms with Crippen LogP contribution in [0, 0.1) is 5.82 Å². The highest BCUT2D eigenvalue weighted by Crippen LogP contribution is 2.20. The Morgan fingerprint density at radius 1 is 1.24 bits per heavy atom. The van der Waals surface area contributed by atoms with Crippen LogP contribution in [-0.4, -0.2) is 22.3 Å². The molecule has 0 saturated heterocycles. The summed E-state index contributed by atoms with van der Waals surface area (Å²) in [5.74, 6) is -0.241. The second kappa shape index (κ2) is 7.94. The largest absolute Gasteiger partial charge is 0.492 e. The molecule has 0 spiro atoms. The summed E-state index contributed by atoms with van der Waals surface area (Å²) >= 11 is 3.18. The van der Waals surface area contributed by atoms with E-state index in [0.29, 0.717) is 29.1 Å². The normalized spacial score (nSPS) is 10.5. The van der Waals surface area contributed by atoms with Crippen LogP contribution in [-0.2, 0) is 6.54 Å². The van der Waals surface area contributed by atoms with Gasteiger partial charge in [-0.3, -0.25) is 9.48 Å². The number of nitrogens with one attached hydrogen (secondary N) is 1. The summed E-state index contributed by atoms with van der Waals surface area (Å²) in [5, 5.41) is 6.83. The van der Waals surface area contributed by atoms with Crippen molar-refractivity contribution in [3.8, 4) is 5.75 Å². The molecule has 1 aromatic heterocycles. The fourth-order valence-corrected chi connectivity index (χ4v) is 2.71. The van der Waals surface area contributed by atoms with Gasteiger partial charge in [-0.25, -0.2) is 4.39 Å². The number of carbonyl (C=O) groups excluding carboxylic acids is 1. The lowest BCUT2D eigenvalue weighted by molar-refractivity contribution is 0.102. The molecule has 0 fully saturated rings. The Balaban J connectivity index is 1.61. The van der Waals surface area contributed by atoms with Gasteiger partial charge >= 0.3 is 0 Å². The van der Waals surface area contributed by atoms with E-state index in [1.165, 1.54) is 12.1 Å². The first-order valence-electron chi connectivity index (χ1n) is 7.58. The van der Waals surface area contributed by atoms with Gasteiger partial charge in [-0.1, -0.05) is 22.0 Å². The van der Waals surface area contributed by atoms with Crippen LogP contribution in [0.5, 0.6) is 5.75 Å². The first-order valence-corrected chi connectivity index (χ1v) is 8.37. The number of hydrogen-bond acceptors (Lipinski definition) is 3. The van der Waals surface area contributed by atoms with Gasteiger partial charge in [0.25, 0.3) is 5.91 Å². The Kier molecular flexibility index (Phi) is 5.45. The highest BCUT2D eigenvalue weighted by molar-refractivity contribution is 9.10. The summed E-state index contributed by atoms with van der Waals surface area (Å²) in [6.45, 7) is 1.08. The molecule has 2 aromatic carbocycles. The van der Waals surface area contributed by atoms with E-state index in [1.807, 2.05) is 12.3 Å². The average Bonchev–Trinajstić information content (AvgIpc) is 3.08. The van der Waals surface area contributed by atoms with Crippen molar-refractivity contribution in [3.63, 3.8) is 0 Å². The molecule has 128 valence electrons. The van der Waals surface area contributed by atoms with Crippen molar-refractivity contribution in [3.05, 3.63) is 76.8 Å². The Labute approximate surface area is 152 Å². The summed E-state index contributed by atoms with van der Waals surface area (Å²) in [6, 6.07) is 12.9. The monoisotopic (exact) mass is 403 g/mol. The van der Waals surface area contributed by atoms with E-state index in [1.54, 1.807) is 41.2 Å². The van der Waals surface area contributed by atoms with Crippen molar-refractivity contribution in [2.24, 2.45) is 0 Å². The summed E-state index contributed by atoms with van der Waals surface area (Å²) in [7, 11) is 0. The zero-order valence-electron chi connectivity index (χ0n) is 13.2. The molecule has 3 rings (SSSR count). The van der Waals surface area contributed by atoms with Gasteiger partial charge in [0.15, 0.2) is 0 Å². The fraction of sp³-hybridized carbons (Fsp3) is 0.111. The third-order valence-corrected chi connectivity index (χ3v) is 3.82. The minimum atomic E-state index is -0.477. The molecule has 0 bridgehead atoms. The zero-order chi connectivity index (χ0) is 17.6. The van der Waals surface area contributed by atoms with E-state index in [4.69, 9.17) is 4.74 Å². The second-order valence-corrected chi connectivity index (χ2v) is 6.17. The quantitative estimate of drug-likeness (QED) is 0.673. The number of benzene rings is 2. The topological polar surface area (TPSA) is 56.1 Å². The molecule has 1 N–H and O–H groups in total. The van der Waals surface area contributed by atoms with Gasteiger partial charge in [-0.2, -0.15) is 5.10 Å². The molecule has 3 aromatic rings. The number of hydrogen-bond donors (Lipinski definition) is 1. The number of carbonyl (C=O) groups is 1. The van der Waals surface area contributed by atoms with Crippen LogP contribution >= 0.6 is 15.9 Å². The van der Waals surface area contributed by atoms with E-state index >= 15 is 0 Å². The highest BCUT2D eigenvalue weighted by atomic mass is 79.9. The molecule has 1 heterocycles. The van der Waals surface area contributed by atoms with Gasteiger partial charge in [0.2, 0.25) is 0 Å². The van der Waals surface area contributed by atoms with Gasteiger partial charge in [0.1, 0.15) is 18.2 Å². The lowest BCUT2D eigenvalue weighted by Gasteiger charge is -2.10. The molecular formula is C18H15BrFN3O2. The first kappa shape index (κ1) is 17.2. The van der Waals surface area contributed by atoms with Crippen molar-refractivity contribution in [1.82, 2.24) is 9.78 Å². The van der Waals surface area contributed by atoms with Crippen molar-refractivity contribution in [2.75, 3.05) is 11.9 Å². The van der Waals surface area contributed by atoms with Gasteiger partial charge in [0, 0.05) is 34.2 Å². The molecule has 0 radical (unpaired) electrons. The molecule has 5 nitrogen and oxygen atoms in total.